The third-order valence-electron chi connectivity index (χ3n) is 5.14. The van der Waals surface area contributed by atoms with Crippen molar-refractivity contribution in [3.05, 3.63) is 125 Å². The molecule has 2 heterocycles. The fraction of sp³-hybridized carbons (Fsp3) is 0.0357. The van der Waals surface area contributed by atoms with Crippen LogP contribution in [0.15, 0.2) is 117 Å². The van der Waals surface area contributed by atoms with Gasteiger partial charge in [0.25, 0.3) is 5.91 Å². The van der Waals surface area contributed by atoms with Gasteiger partial charge in [0, 0.05) is 0 Å². The van der Waals surface area contributed by atoms with Gasteiger partial charge in [-0.3, -0.25) is 9.69 Å². The van der Waals surface area contributed by atoms with E-state index in [1.165, 1.54) is 35.0 Å². The quantitative estimate of drug-likeness (QED) is 0.162. The highest BCUT2D eigenvalue weighted by molar-refractivity contribution is 8.18. The summed E-state index contributed by atoms with van der Waals surface area (Å²) in [5.41, 5.74) is 1.51. The van der Waals surface area contributed by atoms with Crippen LogP contribution in [0.4, 0.5) is 4.39 Å². The van der Waals surface area contributed by atoms with Crippen molar-refractivity contribution in [1.29, 1.82) is 0 Å². The number of nitrogens with zero attached hydrogens (tertiary/aromatic N) is 3. The Morgan fingerprint density at radius 2 is 1.72 bits per heavy atom. The maximum atomic E-state index is 13.3. The molecule has 0 saturated carbocycles. The Morgan fingerprint density at radius 3 is 2.50 bits per heavy atom. The van der Waals surface area contributed by atoms with Gasteiger partial charge in [-0.1, -0.05) is 42.5 Å². The summed E-state index contributed by atoms with van der Waals surface area (Å²) in [4.78, 5) is 15.3. The van der Waals surface area contributed by atoms with Crippen LogP contribution in [0.5, 0.6) is 11.5 Å². The highest BCUT2D eigenvalue weighted by Gasteiger charge is 2.34. The number of furan rings is 1. The molecule has 36 heavy (non-hydrogen) atoms. The Morgan fingerprint density at radius 1 is 0.917 bits per heavy atom. The molecular formula is C28H20FN3O3S. The zero-order chi connectivity index (χ0) is 24.7. The largest absolute Gasteiger partial charge is 0.467 e. The predicted molar refractivity (Wildman–Crippen MR) is 139 cm³/mol. The van der Waals surface area contributed by atoms with Gasteiger partial charge in [-0.25, -0.2) is 4.39 Å². The highest BCUT2D eigenvalue weighted by Crippen LogP contribution is 2.34. The van der Waals surface area contributed by atoms with Crippen LogP contribution in [0, 0.1) is 5.82 Å². The average molecular weight is 498 g/mol. The molecular weight excluding hydrogens is 477 g/mol. The number of hydrogen-bond donors (Lipinski definition) is 0. The Kier molecular flexibility index (Phi) is 7.05. The van der Waals surface area contributed by atoms with E-state index in [0.29, 0.717) is 27.1 Å². The number of amidine groups is 1. The van der Waals surface area contributed by atoms with E-state index >= 15 is 0 Å². The molecule has 178 valence electrons. The minimum atomic E-state index is -0.326. The van der Waals surface area contributed by atoms with E-state index in [2.05, 4.69) is 10.2 Å². The number of thioether (sulfide) groups is 1. The smallest absolute Gasteiger partial charge is 0.267 e. The number of halogens is 1. The van der Waals surface area contributed by atoms with Gasteiger partial charge in [0.05, 0.1) is 23.9 Å². The number of para-hydroxylation sites is 1. The zero-order valence-electron chi connectivity index (χ0n) is 19.0. The van der Waals surface area contributed by atoms with Crippen molar-refractivity contribution in [3.63, 3.8) is 0 Å². The molecule has 3 aromatic carbocycles. The second-order valence-corrected chi connectivity index (χ2v) is 8.76. The molecule has 0 atom stereocenters. The van der Waals surface area contributed by atoms with E-state index in [-0.39, 0.29) is 18.3 Å². The summed E-state index contributed by atoms with van der Waals surface area (Å²) in [6, 6.07) is 26.4. The normalized spacial score (nSPS) is 15.9. The summed E-state index contributed by atoms with van der Waals surface area (Å²) in [7, 11) is 0. The van der Waals surface area contributed by atoms with Gasteiger partial charge in [0.1, 0.15) is 23.1 Å². The number of ether oxygens (including phenoxy) is 1. The van der Waals surface area contributed by atoms with Crippen LogP contribution in [0.1, 0.15) is 16.9 Å². The first kappa shape index (κ1) is 23.3. The van der Waals surface area contributed by atoms with E-state index in [9.17, 15) is 9.18 Å². The van der Waals surface area contributed by atoms with Gasteiger partial charge >= 0.3 is 0 Å². The van der Waals surface area contributed by atoms with Gasteiger partial charge in [0.2, 0.25) is 0 Å². The molecule has 1 aromatic heterocycles. The predicted octanol–water partition coefficient (Wildman–Crippen LogP) is 6.72. The third kappa shape index (κ3) is 5.79. The summed E-state index contributed by atoms with van der Waals surface area (Å²) in [6.45, 7) is 0.220. The molecule has 0 aliphatic carbocycles. The topological polar surface area (TPSA) is 67.4 Å². The molecule has 1 saturated heterocycles. The number of carbonyl (C=O) groups is 1. The second kappa shape index (κ2) is 10.9. The fourth-order valence-electron chi connectivity index (χ4n) is 3.42. The molecule has 0 bridgehead atoms. The van der Waals surface area contributed by atoms with Crippen LogP contribution < -0.4 is 4.74 Å². The van der Waals surface area contributed by atoms with E-state index in [1.807, 2.05) is 54.6 Å². The van der Waals surface area contributed by atoms with E-state index < -0.39 is 0 Å². The van der Waals surface area contributed by atoms with Crippen molar-refractivity contribution in [1.82, 2.24) is 4.90 Å². The number of rotatable bonds is 7. The maximum absolute atomic E-state index is 13.3. The third-order valence-corrected chi connectivity index (χ3v) is 6.13. The SMILES string of the molecule is O=C1/C(=C/c2cccc(Oc3ccccc3)c2)S/C(=N\N=C\c2ccc(F)cc2)N1Cc1ccco1. The Balaban J connectivity index is 1.39. The van der Waals surface area contributed by atoms with Crippen LogP contribution in [0.3, 0.4) is 0 Å². The van der Waals surface area contributed by atoms with Crippen molar-refractivity contribution in [2.75, 3.05) is 0 Å². The molecule has 0 unspecified atom stereocenters. The first-order valence-electron chi connectivity index (χ1n) is 11.1. The summed E-state index contributed by atoms with van der Waals surface area (Å²) in [5, 5.41) is 8.80. The van der Waals surface area contributed by atoms with Crippen LogP contribution in [-0.2, 0) is 11.3 Å². The lowest BCUT2D eigenvalue weighted by molar-refractivity contribution is -0.122. The Labute approximate surface area is 211 Å². The summed E-state index contributed by atoms with van der Waals surface area (Å²) in [5.74, 6) is 1.48. The lowest BCUT2D eigenvalue weighted by atomic mass is 10.2. The van der Waals surface area contributed by atoms with Crippen LogP contribution >= 0.6 is 11.8 Å². The molecule has 0 radical (unpaired) electrons. The molecule has 4 aromatic rings. The van der Waals surface area contributed by atoms with Crippen molar-refractivity contribution in [2.45, 2.75) is 6.54 Å². The fourth-order valence-corrected chi connectivity index (χ4v) is 4.35. The number of amides is 1. The van der Waals surface area contributed by atoms with E-state index in [1.54, 1.807) is 36.6 Å². The van der Waals surface area contributed by atoms with Gasteiger partial charge < -0.3 is 9.15 Å². The molecule has 1 aliphatic heterocycles. The lowest BCUT2D eigenvalue weighted by Gasteiger charge is -2.12. The molecule has 1 fully saturated rings. The van der Waals surface area contributed by atoms with Crippen molar-refractivity contribution in [3.8, 4) is 11.5 Å². The van der Waals surface area contributed by atoms with Crippen molar-refractivity contribution < 1.29 is 18.3 Å². The summed E-state index contributed by atoms with van der Waals surface area (Å²) in [6.07, 6.45) is 4.86. The van der Waals surface area contributed by atoms with Gasteiger partial charge in [-0.15, -0.1) is 5.10 Å². The monoisotopic (exact) mass is 497 g/mol. The van der Waals surface area contributed by atoms with Crippen LogP contribution in [0.25, 0.3) is 6.08 Å². The van der Waals surface area contributed by atoms with Crippen molar-refractivity contribution >= 4 is 35.1 Å². The minimum absolute atomic E-state index is 0.207. The van der Waals surface area contributed by atoms with Gasteiger partial charge in [-0.2, -0.15) is 5.10 Å². The van der Waals surface area contributed by atoms with Crippen LogP contribution in [-0.4, -0.2) is 22.2 Å². The molecule has 0 spiro atoms. The standard InChI is InChI=1S/C28H20FN3O3S/c29-22-13-11-20(12-14-22)18-30-31-28-32(19-25-10-5-15-34-25)27(33)26(36-28)17-21-6-4-9-24(16-21)35-23-7-2-1-3-8-23/h1-18H,19H2/b26-17-,30-18+,31-28-. The number of carbonyl (C=O) groups excluding carboxylic acids is 1. The molecule has 1 amide bonds. The maximum Gasteiger partial charge on any atom is 0.267 e. The van der Waals surface area contributed by atoms with Crippen molar-refractivity contribution in [2.24, 2.45) is 10.2 Å². The minimum Gasteiger partial charge on any atom is -0.467 e. The zero-order valence-corrected chi connectivity index (χ0v) is 19.8. The summed E-state index contributed by atoms with van der Waals surface area (Å²) < 4.78 is 24.5. The van der Waals surface area contributed by atoms with E-state index in [4.69, 9.17) is 9.15 Å². The lowest BCUT2D eigenvalue weighted by Crippen LogP contribution is -2.28. The number of hydrogen-bond acceptors (Lipinski definition) is 6. The van der Waals surface area contributed by atoms with Gasteiger partial charge in [-0.05, 0) is 77.5 Å². The first-order valence-corrected chi connectivity index (χ1v) is 11.9. The molecule has 5 rings (SSSR count). The first-order chi connectivity index (χ1) is 17.6. The Hall–Kier alpha value is -4.43. The average Bonchev–Trinajstić information content (AvgIpc) is 3.50. The second-order valence-electron chi connectivity index (χ2n) is 7.75. The molecule has 6 nitrogen and oxygen atoms in total. The Bertz CT molecular complexity index is 1430. The molecule has 8 heteroatoms. The number of benzene rings is 3. The van der Waals surface area contributed by atoms with E-state index in [0.717, 1.165) is 11.3 Å². The van der Waals surface area contributed by atoms with Gasteiger partial charge in [0.15, 0.2) is 5.17 Å². The highest BCUT2D eigenvalue weighted by atomic mass is 32.2. The van der Waals surface area contributed by atoms with Crippen LogP contribution in [0.2, 0.25) is 0 Å². The molecule has 0 N–H and O–H groups in total. The molecule has 1 aliphatic rings. The summed E-state index contributed by atoms with van der Waals surface area (Å²) >= 11 is 1.22.